The topological polar surface area (TPSA) is 45.9 Å². The second-order valence-electron chi connectivity index (χ2n) is 6.48. The van der Waals surface area contributed by atoms with Gasteiger partial charge in [-0.05, 0) is 50.5 Å². The highest BCUT2D eigenvalue weighted by Gasteiger charge is 2.49. The SMILES string of the molecule is COC[C@H]1CN(C(=O)c2ccco2)CC12CCN(C)CC2. The van der Waals surface area contributed by atoms with Crippen molar-refractivity contribution < 1.29 is 13.9 Å². The van der Waals surface area contributed by atoms with Crippen molar-refractivity contribution in [1.29, 1.82) is 0 Å². The molecule has 2 fully saturated rings. The molecule has 0 aliphatic carbocycles. The molecule has 0 aromatic carbocycles. The summed E-state index contributed by atoms with van der Waals surface area (Å²) in [5.41, 5.74) is 0.213. The molecule has 0 bridgehead atoms. The molecule has 3 rings (SSSR count). The van der Waals surface area contributed by atoms with Gasteiger partial charge in [-0.1, -0.05) is 0 Å². The van der Waals surface area contributed by atoms with Gasteiger partial charge in [-0.3, -0.25) is 4.79 Å². The molecule has 1 amide bonds. The van der Waals surface area contributed by atoms with Crippen LogP contribution < -0.4 is 0 Å². The van der Waals surface area contributed by atoms with Crippen molar-refractivity contribution in [2.45, 2.75) is 12.8 Å². The van der Waals surface area contributed by atoms with Gasteiger partial charge in [-0.2, -0.15) is 0 Å². The lowest BCUT2D eigenvalue weighted by Crippen LogP contribution is -2.44. The molecule has 2 aliphatic heterocycles. The Hall–Kier alpha value is -1.33. The molecule has 2 saturated heterocycles. The molecule has 2 aliphatic rings. The number of likely N-dealkylation sites (tertiary alicyclic amines) is 2. The molecular weight excluding hydrogens is 268 g/mol. The van der Waals surface area contributed by atoms with E-state index in [-0.39, 0.29) is 11.3 Å². The first-order valence-electron chi connectivity index (χ1n) is 7.65. The van der Waals surface area contributed by atoms with E-state index in [0.717, 1.165) is 45.6 Å². The number of hydrogen-bond acceptors (Lipinski definition) is 4. The lowest BCUT2D eigenvalue weighted by molar-refractivity contribution is 0.0443. The van der Waals surface area contributed by atoms with Crippen LogP contribution in [-0.2, 0) is 4.74 Å². The van der Waals surface area contributed by atoms with Crippen LogP contribution in [0.2, 0.25) is 0 Å². The van der Waals surface area contributed by atoms with E-state index in [9.17, 15) is 4.79 Å². The summed E-state index contributed by atoms with van der Waals surface area (Å²) in [6.45, 7) is 4.53. The number of methoxy groups -OCH3 is 1. The molecule has 0 saturated carbocycles. The maximum absolute atomic E-state index is 12.5. The van der Waals surface area contributed by atoms with Crippen molar-refractivity contribution in [3.05, 3.63) is 24.2 Å². The van der Waals surface area contributed by atoms with Gasteiger partial charge in [0, 0.05) is 26.1 Å². The summed E-state index contributed by atoms with van der Waals surface area (Å²) >= 11 is 0. The number of carbonyl (C=O) groups is 1. The third-order valence-electron chi connectivity index (χ3n) is 5.18. The van der Waals surface area contributed by atoms with Crippen molar-refractivity contribution in [1.82, 2.24) is 9.80 Å². The van der Waals surface area contributed by atoms with Crippen molar-refractivity contribution >= 4 is 5.91 Å². The van der Waals surface area contributed by atoms with Crippen LogP contribution in [0.1, 0.15) is 23.4 Å². The minimum absolute atomic E-state index is 0.0110. The minimum Gasteiger partial charge on any atom is -0.459 e. The summed E-state index contributed by atoms with van der Waals surface area (Å²) < 4.78 is 10.7. The van der Waals surface area contributed by atoms with Crippen LogP contribution in [-0.4, -0.2) is 62.7 Å². The van der Waals surface area contributed by atoms with Crippen LogP contribution in [0, 0.1) is 11.3 Å². The van der Waals surface area contributed by atoms with E-state index in [2.05, 4.69) is 11.9 Å². The summed E-state index contributed by atoms with van der Waals surface area (Å²) in [6.07, 6.45) is 3.83. The molecule has 0 radical (unpaired) electrons. The van der Waals surface area contributed by atoms with Crippen LogP contribution in [0.3, 0.4) is 0 Å². The minimum atomic E-state index is 0.0110. The Balaban J connectivity index is 1.76. The van der Waals surface area contributed by atoms with Crippen molar-refractivity contribution in [2.75, 3.05) is 46.9 Å². The largest absolute Gasteiger partial charge is 0.459 e. The second kappa shape index (κ2) is 5.81. The Bertz CT molecular complexity index is 478. The summed E-state index contributed by atoms with van der Waals surface area (Å²) in [6, 6.07) is 3.51. The van der Waals surface area contributed by atoms with Crippen LogP contribution in [0.5, 0.6) is 0 Å². The first-order valence-corrected chi connectivity index (χ1v) is 7.65. The lowest BCUT2D eigenvalue weighted by atomic mass is 9.71. The Morgan fingerprint density at radius 1 is 1.48 bits per heavy atom. The van der Waals surface area contributed by atoms with Crippen LogP contribution in [0.15, 0.2) is 22.8 Å². The fourth-order valence-corrected chi connectivity index (χ4v) is 3.81. The van der Waals surface area contributed by atoms with E-state index < -0.39 is 0 Å². The number of ether oxygens (including phenoxy) is 1. The maximum atomic E-state index is 12.5. The highest BCUT2D eigenvalue weighted by Crippen LogP contribution is 2.44. The van der Waals surface area contributed by atoms with Crippen LogP contribution >= 0.6 is 0 Å². The maximum Gasteiger partial charge on any atom is 0.289 e. The normalized spacial score (nSPS) is 25.6. The molecule has 1 atom stereocenters. The first kappa shape index (κ1) is 14.6. The fourth-order valence-electron chi connectivity index (χ4n) is 3.81. The molecule has 1 aromatic rings. The Kier molecular flexibility index (Phi) is 4.04. The number of carbonyl (C=O) groups excluding carboxylic acids is 1. The van der Waals surface area contributed by atoms with Crippen molar-refractivity contribution in [2.24, 2.45) is 11.3 Å². The van der Waals surface area contributed by atoms with Crippen LogP contribution in [0.25, 0.3) is 0 Å². The average Bonchev–Trinajstić information content (AvgIpc) is 3.12. The van der Waals surface area contributed by atoms with Gasteiger partial charge in [0.15, 0.2) is 5.76 Å². The van der Waals surface area contributed by atoms with Gasteiger partial charge in [0.05, 0.1) is 12.9 Å². The quantitative estimate of drug-likeness (QED) is 0.851. The number of amides is 1. The van der Waals surface area contributed by atoms with E-state index in [1.54, 1.807) is 25.5 Å². The molecule has 0 unspecified atom stereocenters. The number of furan rings is 1. The summed E-state index contributed by atoms with van der Waals surface area (Å²) in [4.78, 5) is 16.8. The highest BCUT2D eigenvalue weighted by molar-refractivity contribution is 5.91. The highest BCUT2D eigenvalue weighted by atomic mass is 16.5. The van der Waals surface area contributed by atoms with E-state index in [1.807, 2.05) is 4.90 Å². The van der Waals surface area contributed by atoms with Gasteiger partial charge in [-0.15, -0.1) is 0 Å². The molecule has 5 heteroatoms. The zero-order valence-corrected chi connectivity index (χ0v) is 12.9. The van der Waals surface area contributed by atoms with Crippen LogP contribution in [0.4, 0.5) is 0 Å². The Labute approximate surface area is 125 Å². The van der Waals surface area contributed by atoms with Gasteiger partial charge in [0.2, 0.25) is 0 Å². The van der Waals surface area contributed by atoms with E-state index >= 15 is 0 Å². The standard InChI is InChI=1S/C16H24N2O3/c1-17-7-5-16(6-8-17)12-18(10-13(16)11-20-2)15(19)14-4-3-9-21-14/h3-4,9,13H,5-8,10-12H2,1-2H3/t13-/m1/s1. The molecule has 21 heavy (non-hydrogen) atoms. The number of piperidine rings is 1. The molecule has 0 N–H and O–H groups in total. The van der Waals surface area contributed by atoms with Crippen molar-refractivity contribution in [3.8, 4) is 0 Å². The second-order valence-corrected chi connectivity index (χ2v) is 6.48. The Morgan fingerprint density at radius 3 is 2.86 bits per heavy atom. The number of nitrogens with zero attached hydrogens (tertiary/aromatic N) is 2. The average molecular weight is 292 g/mol. The predicted octanol–water partition coefficient (Wildman–Crippen LogP) is 1.71. The summed E-state index contributed by atoms with van der Waals surface area (Å²) in [5.74, 6) is 0.878. The smallest absolute Gasteiger partial charge is 0.289 e. The Morgan fingerprint density at radius 2 is 2.24 bits per heavy atom. The van der Waals surface area contributed by atoms with E-state index in [0.29, 0.717) is 11.7 Å². The molecule has 116 valence electrons. The number of rotatable bonds is 3. The molecular formula is C16H24N2O3. The van der Waals surface area contributed by atoms with Gasteiger partial charge in [0.25, 0.3) is 5.91 Å². The first-order chi connectivity index (χ1) is 10.1. The number of hydrogen-bond donors (Lipinski definition) is 0. The lowest BCUT2D eigenvalue weighted by Gasteiger charge is -2.41. The third-order valence-corrected chi connectivity index (χ3v) is 5.18. The molecule has 5 nitrogen and oxygen atoms in total. The van der Waals surface area contributed by atoms with Gasteiger partial charge in [-0.25, -0.2) is 0 Å². The molecule has 1 aromatic heterocycles. The zero-order chi connectivity index (χ0) is 14.9. The summed E-state index contributed by atoms with van der Waals surface area (Å²) in [7, 11) is 3.92. The fraction of sp³-hybridized carbons (Fsp3) is 0.688. The zero-order valence-electron chi connectivity index (χ0n) is 12.9. The van der Waals surface area contributed by atoms with Crippen molar-refractivity contribution in [3.63, 3.8) is 0 Å². The van der Waals surface area contributed by atoms with E-state index in [1.165, 1.54) is 0 Å². The van der Waals surface area contributed by atoms with E-state index in [4.69, 9.17) is 9.15 Å². The van der Waals surface area contributed by atoms with Gasteiger partial charge >= 0.3 is 0 Å². The monoisotopic (exact) mass is 292 g/mol. The van der Waals surface area contributed by atoms with Gasteiger partial charge < -0.3 is 19.0 Å². The molecule has 1 spiro atoms. The summed E-state index contributed by atoms with van der Waals surface area (Å²) in [5, 5.41) is 0. The van der Waals surface area contributed by atoms with Gasteiger partial charge in [0.1, 0.15) is 0 Å². The predicted molar refractivity (Wildman–Crippen MR) is 79.1 cm³/mol. The third kappa shape index (κ3) is 2.72. The molecule has 3 heterocycles.